The van der Waals surface area contributed by atoms with Crippen LogP contribution in [0, 0.1) is 5.41 Å². The van der Waals surface area contributed by atoms with Crippen molar-refractivity contribution < 1.29 is 47.4 Å². The van der Waals surface area contributed by atoms with E-state index in [2.05, 4.69) is 20.5 Å². The lowest BCUT2D eigenvalue weighted by Crippen LogP contribution is -2.51. The van der Waals surface area contributed by atoms with E-state index in [4.69, 9.17) is 14.2 Å². The van der Waals surface area contributed by atoms with Crippen LogP contribution in [0.1, 0.15) is 27.2 Å². The normalized spacial score (nSPS) is 22.5. The Hall–Kier alpha value is -2.25. The first-order chi connectivity index (χ1) is 15.8. The summed E-state index contributed by atoms with van der Waals surface area (Å²) in [4.78, 5) is 58.0. The number of carboxylic acids is 1. The van der Waals surface area contributed by atoms with E-state index in [1.165, 1.54) is 14.0 Å². The third-order valence-electron chi connectivity index (χ3n) is 4.40. The summed E-state index contributed by atoms with van der Waals surface area (Å²) in [7, 11) is -2.84. The number of amides is 2. The van der Waals surface area contributed by atoms with E-state index < -0.39 is 43.2 Å². The van der Waals surface area contributed by atoms with Crippen molar-refractivity contribution in [3.63, 3.8) is 0 Å². The molecule has 4 N–H and O–H groups in total. The van der Waals surface area contributed by atoms with Crippen molar-refractivity contribution in [2.45, 2.75) is 39.3 Å². The van der Waals surface area contributed by atoms with E-state index >= 15 is 0 Å². The minimum absolute atomic E-state index is 0.0291. The molecular weight excluding hydrogens is 493 g/mol. The number of aliphatic carboxylic acids is 1. The fourth-order valence-electron chi connectivity index (χ4n) is 2.48. The van der Waals surface area contributed by atoms with Crippen molar-refractivity contribution in [3.8, 4) is 0 Å². The summed E-state index contributed by atoms with van der Waals surface area (Å²) in [6, 6.07) is -1.23. The van der Waals surface area contributed by atoms with Gasteiger partial charge >= 0.3 is 19.7 Å². The Bertz CT molecular complexity index is 863. The van der Waals surface area contributed by atoms with Gasteiger partial charge in [-0.05, 0) is 13.0 Å². The largest absolute Gasteiger partial charge is 0.480 e. The van der Waals surface area contributed by atoms with E-state index in [1.54, 1.807) is 13.8 Å². The molecule has 1 heterocycles. The number of rotatable bonds is 12. The van der Waals surface area contributed by atoms with Gasteiger partial charge in [-0.1, -0.05) is 25.6 Å². The maximum atomic E-state index is 12.7. The molecule has 0 aromatic rings. The zero-order valence-electron chi connectivity index (χ0n) is 19.3. The molecule has 0 saturated carbocycles. The Kier molecular flexibility index (Phi) is 11.9. The van der Waals surface area contributed by atoms with Crippen molar-refractivity contribution in [3.05, 3.63) is 12.2 Å². The van der Waals surface area contributed by atoms with E-state index in [1.807, 2.05) is 0 Å². The van der Waals surface area contributed by atoms with Gasteiger partial charge in [0, 0.05) is 36.8 Å². The first-order valence-electron chi connectivity index (χ1n) is 10.2. The van der Waals surface area contributed by atoms with E-state index in [0.717, 1.165) is 23.9 Å². The summed E-state index contributed by atoms with van der Waals surface area (Å²) in [6.45, 7) is 4.63. The van der Waals surface area contributed by atoms with Crippen LogP contribution in [0.3, 0.4) is 0 Å². The zero-order valence-corrected chi connectivity index (χ0v) is 21.0. The van der Waals surface area contributed by atoms with Gasteiger partial charge in [-0.15, -0.1) is 0 Å². The van der Waals surface area contributed by atoms with Crippen LogP contribution < -0.4 is 15.7 Å². The third kappa shape index (κ3) is 10.3. The molecular formula is C19H30N3O10PS. The lowest BCUT2D eigenvalue weighted by atomic mass is 9.87. The maximum absolute atomic E-state index is 12.7. The minimum Gasteiger partial charge on any atom is -0.480 e. The molecule has 192 valence electrons. The Morgan fingerprint density at radius 3 is 2.50 bits per heavy atom. The highest BCUT2D eigenvalue weighted by molar-refractivity contribution is 8.14. The summed E-state index contributed by atoms with van der Waals surface area (Å²) in [6.07, 6.45) is 0.818. The molecule has 1 aliphatic rings. The van der Waals surface area contributed by atoms with Crippen LogP contribution >= 0.6 is 19.5 Å². The number of ether oxygens (including phenoxy) is 1. The number of methoxy groups -OCH3 is 1. The van der Waals surface area contributed by atoms with Crippen LogP contribution in [0.25, 0.3) is 0 Å². The lowest BCUT2D eigenvalue weighted by Gasteiger charge is -2.40. The first-order valence-corrected chi connectivity index (χ1v) is 12.7. The summed E-state index contributed by atoms with van der Waals surface area (Å²) >= 11 is 0.908. The van der Waals surface area contributed by atoms with Gasteiger partial charge < -0.3 is 20.5 Å². The molecule has 1 saturated heterocycles. The van der Waals surface area contributed by atoms with E-state index in [0.29, 0.717) is 0 Å². The standard InChI is InChI=1S/C19H30N3O10PS/c1-12(18(27)28)22-33(29)31-11-19(2,3)16(32-33)17(26)21-8-7-13(23)20-9-10-34-15(25)6-5-14(24)30-4/h5-6,12,16H,7-11H2,1-4H3,(H,20,23)(H,21,26)(H,22,29)(H,27,28)/b6-5+/t12-,16-,33?/m0/s1. The predicted molar refractivity (Wildman–Crippen MR) is 122 cm³/mol. The van der Waals surface area contributed by atoms with Gasteiger partial charge in [-0.2, -0.15) is 0 Å². The summed E-state index contributed by atoms with van der Waals surface area (Å²) < 4.78 is 27.6. The molecule has 0 aliphatic carbocycles. The van der Waals surface area contributed by atoms with E-state index in [-0.39, 0.29) is 42.9 Å². The molecule has 34 heavy (non-hydrogen) atoms. The van der Waals surface area contributed by atoms with Gasteiger partial charge in [0.05, 0.1) is 13.7 Å². The molecule has 0 bridgehead atoms. The van der Waals surface area contributed by atoms with Crippen LogP contribution in [0.4, 0.5) is 0 Å². The number of carbonyl (C=O) groups is 5. The Balaban J connectivity index is 2.42. The summed E-state index contributed by atoms with van der Waals surface area (Å²) in [5.74, 6) is -2.62. The van der Waals surface area contributed by atoms with Crippen LogP contribution in [0.5, 0.6) is 0 Å². The molecule has 0 aromatic heterocycles. The number of esters is 1. The second-order valence-corrected chi connectivity index (χ2v) is 10.7. The summed E-state index contributed by atoms with van der Waals surface area (Å²) in [5, 5.41) is 16.0. The van der Waals surface area contributed by atoms with E-state index in [9.17, 15) is 28.5 Å². The average Bonchev–Trinajstić information content (AvgIpc) is 2.76. The number of thioether (sulfide) groups is 1. The third-order valence-corrected chi connectivity index (χ3v) is 6.89. The quantitative estimate of drug-likeness (QED) is 0.118. The highest BCUT2D eigenvalue weighted by atomic mass is 32.2. The van der Waals surface area contributed by atoms with Crippen molar-refractivity contribution in [1.29, 1.82) is 0 Å². The number of hydrogen-bond donors (Lipinski definition) is 4. The molecule has 0 radical (unpaired) electrons. The fraction of sp³-hybridized carbons (Fsp3) is 0.632. The monoisotopic (exact) mass is 523 g/mol. The van der Waals surface area contributed by atoms with Crippen LogP contribution in [0.15, 0.2) is 12.2 Å². The molecule has 0 aromatic carbocycles. The van der Waals surface area contributed by atoms with Crippen molar-refractivity contribution in [2.24, 2.45) is 5.41 Å². The predicted octanol–water partition coefficient (Wildman–Crippen LogP) is 0.210. The smallest absolute Gasteiger partial charge is 0.407 e. The highest BCUT2D eigenvalue weighted by Gasteiger charge is 2.48. The van der Waals surface area contributed by atoms with Crippen molar-refractivity contribution >= 4 is 48.4 Å². The molecule has 1 rings (SSSR count). The molecule has 2 amide bonds. The van der Waals surface area contributed by atoms with Gasteiger partial charge in [0.15, 0.2) is 6.10 Å². The van der Waals surface area contributed by atoms with Crippen LogP contribution in [0.2, 0.25) is 0 Å². The van der Waals surface area contributed by atoms with Gasteiger partial charge in [0.2, 0.25) is 16.9 Å². The Morgan fingerprint density at radius 2 is 1.88 bits per heavy atom. The fourth-order valence-corrected chi connectivity index (χ4v) is 4.99. The topological polar surface area (TPSA) is 186 Å². The number of carbonyl (C=O) groups excluding carboxylic acids is 4. The zero-order chi connectivity index (χ0) is 25.9. The van der Waals surface area contributed by atoms with Gasteiger partial charge in [-0.3, -0.25) is 28.2 Å². The van der Waals surface area contributed by atoms with Crippen molar-refractivity contribution in [1.82, 2.24) is 15.7 Å². The lowest BCUT2D eigenvalue weighted by molar-refractivity contribution is -0.140. The molecule has 0 spiro atoms. The number of hydrogen-bond acceptors (Lipinski definition) is 10. The summed E-state index contributed by atoms with van der Waals surface area (Å²) in [5.41, 5.74) is -0.861. The number of nitrogens with one attached hydrogen (secondary N) is 3. The highest BCUT2D eigenvalue weighted by Crippen LogP contribution is 2.53. The van der Waals surface area contributed by atoms with Crippen molar-refractivity contribution in [2.75, 3.05) is 32.6 Å². The SMILES string of the molecule is COC(=O)/C=C/C(=O)SCCNC(=O)CCNC(=O)[C@@H]1OP(=O)(N[C@@H](C)C(=O)O)OCC1(C)C. The Morgan fingerprint density at radius 1 is 1.21 bits per heavy atom. The molecule has 13 nitrogen and oxygen atoms in total. The number of carboxylic acid groups (broad SMARTS) is 1. The van der Waals surface area contributed by atoms with Gasteiger partial charge in [-0.25, -0.2) is 14.4 Å². The second-order valence-electron chi connectivity index (χ2n) is 7.85. The molecule has 1 fully saturated rings. The van der Waals surface area contributed by atoms with Gasteiger partial charge in [0.1, 0.15) is 6.04 Å². The minimum atomic E-state index is -4.04. The van der Waals surface area contributed by atoms with Gasteiger partial charge in [0.25, 0.3) is 0 Å². The van der Waals surface area contributed by atoms with Crippen LogP contribution in [-0.4, -0.2) is 78.7 Å². The average molecular weight is 524 g/mol. The maximum Gasteiger partial charge on any atom is 0.407 e. The van der Waals surface area contributed by atoms with Crippen LogP contribution in [-0.2, 0) is 42.3 Å². The first kappa shape index (κ1) is 29.8. The Labute approximate surface area is 201 Å². The molecule has 1 unspecified atom stereocenters. The molecule has 1 aliphatic heterocycles. The molecule has 15 heteroatoms. The molecule has 3 atom stereocenters. The second kappa shape index (κ2) is 13.6.